The lowest BCUT2D eigenvalue weighted by Gasteiger charge is -2.11. The number of nitrogens with zero attached hydrogens (tertiary/aromatic N) is 2. The number of carbonyl (C=O) groups excluding carboxylic acids is 1. The van der Waals surface area contributed by atoms with E-state index in [2.05, 4.69) is 15.3 Å². The monoisotopic (exact) mass is 288 g/mol. The molecule has 0 aliphatic heterocycles. The van der Waals surface area contributed by atoms with E-state index in [4.69, 9.17) is 0 Å². The van der Waals surface area contributed by atoms with Gasteiger partial charge in [0.1, 0.15) is 0 Å². The van der Waals surface area contributed by atoms with Gasteiger partial charge in [-0.15, -0.1) is 0 Å². The molecular formula is C15H20N4O2. The summed E-state index contributed by atoms with van der Waals surface area (Å²) in [6.07, 6.45) is 3.64. The van der Waals surface area contributed by atoms with Gasteiger partial charge in [-0.1, -0.05) is 13.8 Å². The van der Waals surface area contributed by atoms with Gasteiger partial charge in [0.15, 0.2) is 0 Å². The summed E-state index contributed by atoms with van der Waals surface area (Å²) in [5.74, 6) is -0.139. The predicted octanol–water partition coefficient (Wildman–Crippen LogP) is 1.64. The number of imidazole rings is 1. The van der Waals surface area contributed by atoms with Crippen LogP contribution in [0.5, 0.6) is 0 Å². The molecule has 0 fully saturated rings. The Morgan fingerprint density at radius 1 is 1.43 bits per heavy atom. The molecule has 2 rings (SSSR count). The molecular weight excluding hydrogens is 268 g/mol. The van der Waals surface area contributed by atoms with E-state index in [-0.39, 0.29) is 17.4 Å². The summed E-state index contributed by atoms with van der Waals surface area (Å²) in [5, 5.41) is 2.83. The quantitative estimate of drug-likeness (QED) is 0.878. The van der Waals surface area contributed by atoms with Crippen LogP contribution in [0.2, 0.25) is 0 Å². The molecule has 0 aliphatic rings. The van der Waals surface area contributed by atoms with Crippen LogP contribution < -0.4 is 10.9 Å². The van der Waals surface area contributed by atoms with Gasteiger partial charge in [0.2, 0.25) is 5.56 Å². The molecule has 0 spiro atoms. The van der Waals surface area contributed by atoms with E-state index >= 15 is 0 Å². The molecule has 112 valence electrons. The Hall–Kier alpha value is -2.37. The van der Waals surface area contributed by atoms with Gasteiger partial charge >= 0.3 is 0 Å². The van der Waals surface area contributed by atoms with Gasteiger partial charge in [-0.2, -0.15) is 0 Å². The van der Waals surface area contributed by atoms with Crippen LogP contribution in [0.25, 0.3) is 0 Å². The van der Waals surface area contributed by atoms with Gasteiger partial charge in [-0.05, 0) is 18.9 Å². The van der Waals surface area contributed by atoms with Crippen LogP contribution in [0.3, 0.4) is 0 Å². The number of nitrogens with one attached hydrogen (secondary N) is 2. The maximum Gasteiger partial charge on any atom is 0.253 e. The van der Waals surface area contributed by atoms with Crippen molar-refractivity contribution in [1.82, 2.24) is 19.9 Å². The van der Waals surface area contributed by atoms with E-state index in [1.807, 2.05) is 31.5 Å². The van der Waals surface area contributed by atoms with Crippen LogP contribution in [-0.2, 0) is 13.1 Å². The maximum absolute atomic E-state index is 12.3. The number of pyridine rings is 1. The van der Waals surface area contributed by atoms with Crippen LogP contribution >= 0.6 is 0 Å². The number of rotatable bonds is 5. The number of amides is 1. The molecule has 2 heterocycles. The summed E-state index contributed by atoms with van der Waals surface area (Å²) in [5.41, 5.74) is 1.76. The molecule has 0 radical (unpaired) electrons. The zero-order valence-electron chi connectivity index (χ0n) is 12.5. The maximum atomic E-state index is 12.3. The van der Waals surface area contributed by atoms with Crippen molar-refractivity contribution in [3.05, 3.63) is 52.0 Å². The third-order valence-corrected chi connectivity index (χ3v) is 3.25. The van der Waals surface area contributed by atoms with Gasteiger partial charge in [0.05, 0.1) is 24.1 Å². The number of aryl methyl sites for hydroxylation is 1. The molecule has 0 unspecified atom stereocenters. The fourth-order valence-electron chi connectivity index (χ4n) is 2.08. The Bertz CT molecular complexity index is 685. The van der Waals surface area contributed by atoms with Gasteiger partial charge in [-0.3, -0.25) is 9.59 Å². The molecule has 6 heteroatoms. The smallest absolute Gasteiger partial charge is 0.253 e. The van der Waals surface area contributed by atoms with Crippen LogP contribution in [-0.4, -0.2) is 20.4 Å². The summed E-state index contributed by atoms with van der Waals surface area (Å²) in [7, 11) is 0. The zero-order valence-corrected chi connectivity index (χ0v) is 12.5. The summed E-state index contributed by atoms with van der Waals surface area (Å²) < 4.78 is 1.95. The van der Waals surface area contributed by atoms with Crippen LogP contribution in [0.15, 0.2) is 29.5 Å². The van der Waals surface area contributed by atoms with E-state index < -0.39 is 0 Å². The van der Waals surface area contributed by atoms with Crippen molar-refractivity contribution >= 4 is 5.91 Å². The third kappa shape index (κ3) is 3.59. The van der Waals surface area contributed by atoms with E-state index in [1.54, 1.807) is 12.4 Å². The largest absolute Gasteiger partial charge is 0.346 e. The molecule has 2 N–H and O–H groups in total. The number of aromatic nitrogens is 3. The minimum Gasteiger partial charge on any atom is -0.346 e. The van der Waals surface area contributed by atoms with Crippen LogP contribution in [0, 0.1) is 0 Å². The summed E-state index contributed by atoms with van der Waals surface area (Å²) in [6.45, 7) is 7.11. The normalized spacial score (nSPS) is 10.9. The first-order valence-electron chi connectivity index (χ1n) is 7.03. The van der Waals surface area contributed by atoms with Gasteiger partial charge in [0.25, 0.3) is 5.91 Å². The predicted molar refractivity (Wildman–Crippen MR) is 80.2 cm³/mol. The first kappa shape index (κ1) is 15.0. The molecule has 0 saturated carbocycles. The van der Waals surface area contributed by atoms with Crippen molar-refractivity contribution in [2.24, 2.45) is 0 Å². The second-order valence-corrected chi connectivity index (χ2v) is 5.18. The topological polar surface area (TPSA) is 79.8 Å². The molecule has 2 aromatic rings. The number of hydrogen-bond acceptors (Lipinski definition) is 3. The minimum atomic E-state index is -0.207. The van der Waals surface area contributed by atoms with Crippen molar-refractivity contribution in [3.8, 4) is 0 Å². The minimum absolute atomic E-state index is 0.0685. The molecule has 1 amide bonds. The summed E-state index contributed by atoms with van der Waals surface area (Å²) >= 11 is 0. The van der Waals surface area contributed by atoms with Gasteiger partial charge in [0, 0.05) is 24.5 Å². The van der Waals surface area contributed by atoms with Crippen molar-refractivity contribution in [1.29, 1.82) is 0 Å². The van der Waals surface area contributed by atoms with Gasteiger partial charge in [-0.25, -0.2) is 4.98 Å². The standard InChI is InChI=1S/C15H20N4O2/c1-4-19-8-11(17-9-19)7-16-15(21)12-5-6-13(20)18-14(12)10(2)3/h5-6,8-10H,4,7H2,1-3H3,(H,16,21)(H,18,20). The highest BCUT2D eigenvalue weighted by Crippen LogP contribution is 2.15. The molecule has 2 aromatic heterocycles. The van der Waals surface area contributed by atoms with E-state index in [9.17, 15) is 9.59 Å². The highest BCUT2D eigenvalue weighted by atomic mass is 16.1. The number of carbonyl (C=O) groups is 1. The highest BCUT2D eigenvalue weighted by molar-refractivity contribution is 5.95. The summed E-state index contributed by atoms with van der Waals surface area (Å²) in [4.78, 5) is 30.6. The van der Waals surface area contributed by atoms with Crippen LogP contribution in [0.4, 0.5) is 0 Å². The SMILES string of the molecule is CCn1cnc(CNC(=O)c2ccc(=O)[nH]c2C(C)C)c1. The first-order chi connectivity index (χ1) is 10.0. The Morgan fingerprint density at radius 3 is 2.81 bits per heavy atom. The second-order valence-electron chi connectivity index (χ2n) is 5.18. The lowest BCUT2D eigenvalue weighted by Crippen LogP contribution is -2.26. The van der Waals surface area contributed by atoms with E-state index in [0.717, 1.165) is 12.2 Å². The fraction of sp³-hybridized carbons (Fsp3) is 0.400. The molecule has 21 heavy (non-hydrogen) atoms. The van der Waals surface area contributed by atoms with E-state index in [0.29, 0.717) is 17.8 Å². The fourth-order valence-corrected chi connectivity index (χ4v) is 2.08. The van der Waals surface area contributed by atoms with Crippen molar-refractivity contribution < 1.29 is 4.79 Å². The first-order valence-corrected chi connectivity index (χ1v) is 7.03. The third-order valence-electron chi connectivity index (χ3n) is 3.25. The Kier molecular flexibility index (Phi) is 4.57. The highest BCUT2D eigenvalue weighted by Gasteiger charge is 2.14. The Labute approximate surface area is 123 Å². The average Bonchev–Trinajstić information content (AvgIpc) is 2.92. The lowest BCUT2D eigenvalue weighted by atomic mass is 10.0. The Morgan fingerprint density at radius 2 is 2.19 bits per heavy atom. The molecule has 0 saturated heterocycles. The molecule has 6 nitrogen and oxygen atoms in total. The van der Waals surface area contributed by atoms with Crippen molar-refractivity contribution in [3.63, 3.8) is 0 Å². The van der Waals surface area contributed by atoms with Gasteiger partial charge < -0.3 is 14.9 Å². The lowest BCUT2D eigenvalue weighted by molar-refractivity contribution is 0.0948. The zero-order chi connectivity index (χ0) is 15.4. The molecule has 0 atom stereocenters. The van der Waals surface area contributed by atoms with Crippen molar-refractivity contribution in [2.45, 2.75) is 39.8 Å². The second kappa shape index (κ2) is 6.39. The average molecular weight is 288 g/mol. The number of aromatic amines is 1. The molecule has 0 aliphatic carbocycles. The molecule has 0 aromatic carbocycles. The number of H-pyrrole nitrogens is 1. The van der Waals surface area contributed by atoms with E-state index in [1.165, 1.54) is 6.07 Å². The summed E-state index contributed by atoms with van der Waals surface area (Å²) in [6, 6.07) is 2.93. The van der Waals surface area contributed by atoms with Crippen LogP contribution in [0.1, 0.15) is 48.4 Å². The Balaban J connectivity index is 2.11. The number of hydrogen-bond donors (Lipinski definition) is 2. The molecule has 0 bridgehead atoms. The van der Waals surface area contributed by atoms with Crippen molar-refractivity contribution in [2.75, 3.05) is 0 Å².